The SMILES string of the molecule is Cl.Cn1cc2cc(-c3nsc(C(N)=O)c3-c3ccccn3)ccc2n1. The second kappa shape index (κ2) is 6.62. The lowest BCUT2D eigenvalue weighted by Gasteiger charge is -2.04. The van der Waals surface area contributed by atoms with Gasteiger partial charge in [0.15, 0.2) is 0 Å². The van der Waals surface area contributed by atoms with E-state index < -0.39 is 5.91 Å². The molecule has 0 unspecified atom stereocenters. The van der Waals surface area contributed by atoms with Crippen molar-refractivity contribution in [2.45, 2.75) is 0 Å². The number of fused-ring (bicyclic) bond motifs is 1. The van der Waals surface area contributed by atoms with E-state index in [0.29, 0.717) is 21.8 Å². The topological polar surface area (TPSA) is 86.7 Å². The maximum absolute atomic E-state index is 11.8. The Kier molecular flexibility index (Phi) is 4.52. The van der Waals surface area contributed by atoms with E-state index in [9.17, 15) is 4.79 Å². The van der Waals surface area contributed by atoms with Crippen molar-refractivity contribution in [3.8, 4) is 22.5 Å². The summed E-state index contributed by atoms with van der Waals surface area (Å²) in [6.45, 7) is 0. The fourth-order valence-electron chi connectivity index (χ4n) is 2.70. The van der Waals surface area contributed by atoms with Gasteiger partial charge in [0, 0.05) is 30.4 Å². The second-order valence-corrected chi connectivity index (χ2v) is 6.16. The molecule has 25 heavy (non-hydrogen) atoms. The summed E-state index contributed by atoms with van der Waals surface area (Å²) in [6, 6.07) is 11.4. The smallest absolute Gasteiger partial charge is 0.261 e. The molecule has 3 heterocycles. The summed E-state index contributed by atoms with van der Waals surface area (Å²) >= 11 is 1.10. The van der Waals surface area contributed by atoms with Crippen LogP contribution in [0.4, 0.5) is 0 Å². The number of nitrogens with two attached hydrogens (primary N) is 1. The van der Waals surface area contributed by atoms with Crippen molar-refractivity contribution in [3.63, 3.8) is 0 Å². The van der Waals surface area contributed by atoms with E-state index in [1.54, 1.807) is 10.9 Å². The Labute approximate surface area is 153 Å². The van der Waals surface area contributed by atoms with Crippen LogP contribution in [0.25, 0.3) is 33.4 Å². The van der Waals surface area contributed by atoms with Crippen LogP contribution in [0.3, 0.4) is 0 Å². The van der Waals surface area contributed by atoms with E-state index in [0.717, 1.165) is 28.0 Å². The van der Waals surface area contributed by atoms with Crippen molar-refractivity contribution in [1.82, 2.24) is 19.1 Å². The Hall–Kier alpha value is -2.77. The minimum atomic E-state index is -0.498. The number of carbonyl (C=O) groups excluding carboxylic acids is 1. The van der Waals surface area contributed by atoms with Gasteiger partial charge in [-0.25, -0.2) is 0 Å². The molecule has 8 heteroatoms. The average molecular weight is 372 g/mol. The van der Waals surface area contributed by atoms with Gasteiger partial charge in [-0.2, -0.15) is 9.47 Å². The third-order valence-corrected chi connectivity index (χ3v) is 4.59. The Morgan fingerprint density at radius 2 is 2.08 bits per heavy atom. The van der Waals surface area contributed by atoms with Crippen molar-refractivity contribution in [1.29, 1.82) is 0 Å². The van der Waals surface area contributed by atoms with Crippen molar-refractivity contribution in [2.75, 3.05) is 0 Å². The summed E-state index contributed by atoms with van der Waals surface area (Å²) < 4.78 is 6.24. The summed E-state index contributed by atoms with van der Waals surface area (Å²) in [5.74, 6) is -0.498. The predicted molar refractivity (Wildman–Crippen MR) is 101 cm³/mol. The molecular formula is C17H14ClN5OS. The zero-order chi connectivity index (χ0) is 16.7. The van der Waals surface area contributed by atoms with Gasteiger partial charge in [-0.15, -0.1) is 12.4 Å². The Balaban J connectivity index is 0.00000182. The lowest BCUT2D eigenvalue weighted by molar-refractivity contribution is 0.100. The molecule has 0 atom stereocenters. The molecule has 1 aromatic carbocycles. The summed E-state index contributed by atoms with van der Waals surface area (Å²) in [5.41, 5.74) is 9.40. The monoisotopic (exact) mass is 371 g/mol. The number of aromatic nitrogens is 4. The number of rotatable bonds is 3. The van der Waals surface area contributed by atoms with Crippen molar-refractivity contribution in [3.05, 3.63) is 53.7 Å². The number of benzene rings is 1. The minimum absolute atomic E-state index is 0. The van der Waals surface area contributed by atoms with Gasteiger partial charge in [-0.05, 0) is 35.8 Å². The maximum Gasteiger partial charge on any atom is 0.261 e. The first-order chi connectivity index (χ1) is 11.6. The Morgan fingerprint density at radius 3 is 2.80 bits per heavy atom. The molecule has 1 amide bonds. The Morgan fingerprint density at radius 1 is 1.24 bits per heavy atom. The molecule has 0 saturated heterocycles. The van der Waals surface area contributed by atoms with E-state index in [4.69, 9.17) is 5.73 Å². The van der Waals surface area contributed by atoms with Crippen LogP contribution in [0.1, 0.15) is 9.67 Å². The number of hydrogen-bond acceptors (Lipinski definition) is 5. The molecule has 3 aromatic heterocycles. The van der Waals surface area contributed by atoms with E-state index in [1.165, 1.54) is 0 Å². The largest absolute Gasteiger partial charge is 0.365 e. The lowest BCUT2D eigenvalue weighted by Crippen LogP contribution is -2.10. The fraction of sp³-hybridized carbons (Fsp3) is 0.0588. The zero-order valence-corrected chi connectivity index (χ0v) is 14.8. The first-order valence-corrected chi connectivity index (χ1v) is 8.05. The van der Waals surface area contributed by atoms with E-state index in [1.807, 2.05) is 49.6 Å². The first-order valence-electron chi connectivity index (χ1n) is 7.28. The third-order valence-electron chi connectivity index (χ3n) is 3.73. The highest BCUT2D eigenvalue weighted by Gasteiger charge is 2.21. The molecule has 4 aromatic rings. The number of amides is 1. The number of carbonyl (C=O) groups is 1. The normalized spacial score (nSPS) is 10.6. The average Bonchev–Trinajstić information content (AvgIpc) is 3.17. The van der Waals surface area contributed by atoms with Gasteiger partial charge in [0.25, 0.3) is 5.91 Å². The molecule has 0 spiro atoms. The van der Waals surface area contributed by atoms with Crippen LogP contribution in [0, 0.1) is 0 Å². The first kappa shape index (κ1) is 17.1. The molecule has 0 radical (unpaired) electrons. The molecular weight excluding hydrogens is 358 g/mol. The van der Waals surface area contributed by atoms with Crippen LogP contribution in [0.15, 0.2) is 48.8 Å². The molecule has 126 valence electrons. The highest BCUT2D eigenvalue weighted by Crippen LogP contribution is 2.36. The van der Waals surface area contributed by atoms with Crippen LogP contribution in [0.5, 0.6) is 0 Å². The molecule has 0 aliphatic heterocycles. The second-order valence-electron chi connectivity index (χ2n) is 5.39. The summed E-state index contributed by atoms with van der Waals surface area (Å²) in [5, 5.41) is 5.38. The third kappa shape index (κ3) is 2.99. The lowest BCUT2D eigenvalue weighted by atomic mass is 10.0. The molecule has 0 bridgehead atoms. The molecule has 0 aliphatic rings. The van der Waals surface area contributed by atoms with Gasteiger partial charge in [-0.3, -0.25) is 14.5 Å². The van der Waals surface area contributed by atoms with Crippen LogP contribution in [-0.4, -0.2) is 25.0 Å². The zero-order valence-electron chi connectivity index (χ0n) is 13.2. The summed E-state index contributed by atoms with van der Waals surface area (Å²) in [7, 11) is 1.88. The number of halogens is 1. The molecule has 0 aliphatic carbocycles. The predicted octanol–water partition coefficient (Wildman–Crippen LogP) is 3.28. The number of hydrogen-bond donors (Lipinski definition) is 1. The van der Waals surface area contributed by atoms with Crippen molar-refractivity contribution >= 4 is 40.7 Å². The van der Waals surface area contributed by atoms with Crippen LogP contribution in [-0.2, 0) is 7.05 Å². The number of primary amides is 1. The number of nitrogens with zero attached hydrogens (tertiary/aromatic N) is 4. The fourth-order valence-corrected chi connectivity index (χ4v) is 3.46. The minimum Gasteiger partial charge on any atom is -0.365 e. The molecule has 0 saturated carbocycles. The van der Waals surface area contributed by atoms with Gasteiger partial charge in [0.05, 0.1) is 22.5 Å². The summed E-state index contributed by atoms with van der Waals surface area (Å²) in [4.78, 5) is 16.6. The van der Waals surface area contributed by atoms with E-state index >= 15 is 0 Å². The maximum atomic E-state index is 11.8. The summed E-state index contributed by atoms with van der Waals surface area (Å²) in [6.07, 6.45) is 3.63. The standard InChI is InChI=1S/C17H13N5OS.ClH/c1-22-9-11-8-10(5-6-12(11)20-22)15-14(13-4-2-3-7-19-13)16(17(18)23)24-21-15;/h2-9H,1H3,(H2,18,23);1H. The quantitative estimate of drug-likeness (QED) is 0.598. The molecule has 6 nitrogen and oxygen atoms in total. The van der Waals surface area contributed by atoms with E-state index in [2.05, 4.69) is 14.5 Å². The van der Waals surface area contributed by atoms with Crippen LogP contribution < -0.4 is 5.73 Å². The Bertz CT molecular complexity index is 1060. The molecule has 0 fully saturated rings. The van der Waals surface area contributed by atoms with Gasteiger partial charge < -0.3 is 5.73 Å². The number of pyridine rings is 1. The van der Waals surface area contributed by atoms with Crippen LogP contribution in [0.2, 0.25) is 0 Å². The van der Waals surface area contributed by atoms with Crippen LogP contribution >= 0.6 is 23.9 Å². The van der Waals surface area contributed by atoms with Gasteiger partial charge in [0.2, 0.25) is 0 Å². The highest BCUT2D eigenvalue weighted by molar-refractivity contribution is 7.09. The van der Waals surface area contributed by atoms with Gasteiger partial charge in [-0.1, -0.05) is 12.1 Å². The molecule has 4 rings (SSSR count). The number of aryl methyl sites for hydroxylation is 1. The highest BCUT2D eigenvalue weighted by atomic mass is 35.5. The van der Waals surface area contributed by atoms with E-state index in [-0.39, 0.29) is 12.4 Å². The van der Waals surface area contributed by atoms with Gasteiger partial charge in [0.1, 0.15) is 4.88 Å². The van der Waals surface area contributed by atoms with Crippen molar-refractivity contribution < 1.29 is 4.79 Å². The van der Waals surface area contributed by atoms with Crippen molar-refractivity contribution in [2.24, 2.45) is 12.8 Å². The molecule has 2 N–H and O–H groups in total. The van der Waals surface area contributed by atoms with Gasteiger partial charge >= 0.3 is 0 Å².